The maximum absolute atomic E-state index is 5.37. The Balaban J connectivity index is 1.78. The summed E-state index contributed by atoms with van der Waals surface area (Å²) in [6, 6.07) is 4.02. The second-order valence-electron chi connectivity index (χ2n) is 5.40. The molecule has 1 atom stereocenters. The molecule has 0 amide bonds. The third-order valence-electron chi connectivity index (χ3n) is 3.28. The van der Waals surface area contributed by atoms with E-state index in [2.05, 4.69) is 46.0 Å². The average molecular weight is 384 g/mol. The fourth-order valence-electron chi connectivity index (χ4n) is 2.20. The third kappa shape index (κ3) is 6.63. The number of aryl methyl sites for hydroxylation is 1. The van der Waals surface area contributed by atoms with Crippen LogP contribution in [0.15, 0.2) is 33.5 Å². The van der Waals surface area contributed by atoms with Gasteiger partial charge < -0.3 is 4.52 Å². The van der Waals surface area contributed by atoms with Gasteiger partial charge in [-0.1, -0.05) is 36.2 Å². The summed E-state index contributed by atoms with van der Waals surface area (Å²) in [5.41, 5.74) is 0. The van der Waals surface area contributed by atoms with E-state index < -0.39 is 0 Å². The molecule has 132 valence electrons. The molecule has 0 spiro atoms. The molecule has 7 heteroatoms. The van der Waals surface area contributed by atoms with Crippen molar-refractivity contribution < 1.29 is 4.52 Å². The van der Waals surface area contributed by atoms with Crippen molar-refractivity contribution in [1.82, 2.24) is 14.4 Å². The van der Waals surface area contributed by atoms with E-state index in [0.717, 1.165) is 43.1 Å². The molecule has 1 unspecified atom stereocenters. The van der Waals surface area contributed by atoms with Gasteiger partial charge in [-0.3, -0.25) is 4.31 Å². The molecule has 0 aliphatic carbocycles. The first kappa shape index (κ1) is 19.6. The Hall–Kier alpha value is -0.760. The van der Waals surface area contributed by atoms with Crippen LogP contribution < -0.4 is 0 Å². The van der Waals surface area contributed by atoms with E-state index in [0.29, 0.717) is 11.1 Å². The molecule has 0 aliphatic heterocycles. The molecular formula is C17H25N3OS3. The van der Waals surface area contributed by atoms with Crippen molar-refractivity contribution in [3.8, 4) is 10.7 Å². The first-order valence-corrected chi connectivity index (χ1v) is 11.2. The predicted octanol–water partition coefficient (Wildman–Crippen LogP) is 5.36. The molecule has 24 heavy (non-hydrogen) atoms. The van der Waals surface area contributed by atoms with Gasteiger partial charge in [0.1, 0.15) is 0 Å². The monoisotopic (exact) mass is 383 g/mol. The molecule has 2 aromatic rings. The van der Waals surface area contributed by atoms with E-state index in [-0.39, 0.29) is 0 Å². The number of thiophene rings is 1. The molecule has 0 saturated carbocycles. The standard InChI is InChI=1S/C17H25N3OS3/c1-4-10-20(24-14(2)9-13-22-3)11-5-8-16-18-17(19-21-16)15-7-6-12-23-15/h6-7,9,12-14H,4-5,8,10-11H2,1-3H3/b13-9-. The summed E-state index contributed by atoms with van der Waals surface area (Å²) in [5.74, 6) is 1.44. The highest BCUT2D eigenvalue weighted by Gasteiger charge is 2.12. The lowest BCUT2D eigenvalue weighted by Crippen LogP contribution is -2.21. The van der Waals surface area contributed by atoms with Crippen LogP contribution in [0.4, 0.5) is 0 Å². The fourth-order valence-corrected chi connectivity index (χ4v) is 4.48. The van der Waals surface area contributed by atoms with E-state index in [1.165, 1.54) is 0 Å². The minimum atomic E-state index is 0.498. The number of aromatic nitrogens is 2. The number of nitrogens with zero attached hydrogens (tertiary/aromatic N) is 3. The summed E-state index contributed by atoms with van der Waals surface area (Å²) in [7, 11) is 0. The Morgan fingerprint density at radius 3 is 3.00 bits per heavy atom. The molecule has 0 aliphatic rings. The van der Waals surface area contributed by atoms with Crippen molar-refractivity contribution in [2.24, 2.45) is 0 Å². The van der Waals surface area contributed by atoms with Gasteiger partial charge in [0.2, 0.25) is 11.7 Å². The number of rotatable bonds is 11. The normalized spacial score (nSPS) is 13.2. The maximum Gasteiger partial charge on any atom is 0.227 e. The highest BCUT2D eigenvalue weighted by molar-refractivity contribution is 8.01. The summed E-state index contributed by atoms with van der Waals surface area (Å²) in [4.78, 5) is 5.55. The molecular weight excluding hydrogens is 358 g/mol. The summed E-state index contributed by atoms with van der Waals surface area (Å²) < 4.78 is 7.82. The molecule has 0 saturated heterocycles. The lowest BCUT2D eigenvalue weighted by molar-refractivity contribution is 0.366. The van der Waals surface area contributed by atoms with E-state index in [1.54, 1.807) is 23.1 Å². The van der Waals surface area contributed by atoms with Crippen molar-refractivity contribution in [3.63, 3.8) is 0 Å². The minimum absolute atomic E-state index is 0.498. The van der Waals surface area contributed by atoms with Gasteiger partial charge in [0.15, 0.2) is 0 Å². The summed E-state index contributed by atoms with van der Waals surface area (Å²) in [6.45, 7) is 6.60. The SMILES string of the molecule is CCCN(CCCc1nc(-c2cccs2)no1)SC(C)/C=C\SC. The van der Waals surface area contributed by atoms with Crippen LogP contribution in [0.25, 0.3) is 10.7 Å². The van der Waals surface area contributed by atoms with Crippen LogP contribution in [-0.2, 0) is 6.42 Å². The summed E-state index contributed by atoms with van der Waals surface area (Å²) in [5, 5.41) is 8.75. The predicted molar refractivity (Wildman–Crippen MR) is 108 cm³/mol. The van der Waals surface area contributed by atoms with E-state index in [9.17, 15) is 0 Å². The Morgan fingerprint density at radius 1 is 1.42 bits per heavy atom. The largest absolute Gasteiger partial charge is 0.339 e. The molecule has 2 aromatic heterocycles. The van der Waals surface area contributed by atoms with Crippen molar-refractivity contribution in [1.29, 1.82) is 0 Å². The van der Waals surface area contributed by atoms with Crippen molar-refractivity contribution in [2.45, 2.75) is 38.4 Å². The van der Waals surface area contributed by atoms with Gasteiger partial charge in [-0.25, -0.2) is 0 Å². The van der Waals surface area contributed by atoms with Gasteiger partial charge >= 0.3 is 0 Å². The quantitative estimate of drug-likeness (QED) is 0.487. The van der Waals surface area contributed by atoms with Crippen LogP contribution in [0.3, 0.4) is 0 Å². The zero-order valence-corrected chi connectivity index (χ0v) is 16.9. The van der Waals surface area contributed by atoms with E-state index in [1.807, 2.05) is 29.5 Å². The van der Waals surface area contributed by atoms with Gasteiger partial charge in [0.05, 0.1) is 4.88 Å². The molecule has 0 bridgehead atoms. The lowest BCUT2D eigenvalue weighted by atomic mass is 10.3. The second kappa shape index (κ2) is 11.0. The molecule has 0 aromatic carbocycles. The highest BCUT2D eigenvalue weighted by atomic mass is 32.2. The summed E-state index contributed by atoms with van der Waals surface area (Å²) in [6.07, 6.45) is 7.36. The van der Waals surface area contributed by atoms with Gasteiger partial charge in [0, 0.05) is 24.8 Å². The van der Waals surface area contributed by atoms with E-state index >= 15 is 0 Å². The van der Waals surface area contributed by atoms with Crippen molar-refractivity contribution in [3.05, 3.63) is 34.9 Å². The maximum atomic E-state index is 5.37. The van der Waals surface area contributed by atoms with Gasteiger partial charge in [-0.05, 0) is 42.9 Å². The molecule has 2 rings (SSSR count). The van der Waals surface area contributed by atoms with Crippen molar-refractivity contribution >= 4 is 35.0 Å². The Labute approximate surface area is 157 Å². The smallest absolute Gasteiger partial charge is 0.227 e. The van der Waals surface area contributed by atoms with Crippen LogP contribution >= 0.6 is 35.0 Å². The molecule has 4 nitrogen and oxygen atoms in total. The molecule has 0 N–H and O–H groups in total. The average Bonchev–Trinajstić information content (AvgIpc) is 3.24. The Bertz CT molecular complexity index is 598. The minimum Gasteiger partial charge on any atom is -0.339 e. The zero-order chi connectivity index (χ0) is 17.2. The molecule has 2 heterocycles. The lowest BCUT2D eigenvalue weighted by Gasteiger charge is -2.22. The van der Waals surface area contributed by atoms with Gasteiger partial charge in [0.25, 0.3) is 0 Å². The van der Waals surface area contributed by atoms with Crippen LogP contribution in [0.2, 0.25) is 0 Å². The van der Waals surface area contributed by atoms with Crippen LogP contribution in [0.1, 0.15) is 32.6 Å². The van der Waals surface area contributed by atoms with Crippen LogP contribution in [0.5, 0.6) is 0 Å². The van der Waals surface area contributed by atoms with Gasteiger partial charge in [-0.2, -0.15) is 4.98 Å². The first-order valence-electron chi connectivity index (χ1n) is 8.20. The molecule has 0 radical (unpaired) electrons. The summed E-state index contributed by atoms with van der Waals surface area (Å²) >= 11 is 5.30. The van der Waals surface area contributed by atoms with Gasteiger partial charge in [-0.15, -0.1) is 23.1 Å². The van der Waals surface area contributed by atoms with E-state index in [4.69, 9.17) is 4.52 Å². The number of hydrogen-bond donors (Lipinski definition) is 0. The number of hydrogen-bond acceptors (Lipinski definition) is 7. The van der Waals surface area contributed by atoms with Crippen LogP contribution in [-0.4, -0.2) is 39.0 Å². The fraction of sp³-hybridized carbons (Fsp3) is 0.529. The third-order valence-corrected chi connectivity index (χ3v) is 5.73. The zero-order valence-electron chi connectivity index (χ0n) is 14.5. The molecule has 0 fully saturated rings. The topological polar surface area (TPSA) is 42.2 Å². The Kier molecular flexibility index (Phi) is 8.94. The highest BCUT2D eigenvalue weighted by Crippen LogP contribution is 2.22. The van der Waals surface area contributed by atoms with Crippen molar-refractivity contribution in [2.75, 3.05) is 19.3 Å². The first-order chi connectivity index (χ1) is 11.7. The Morgan fingerprint density at radius 2 is 2.29 bits per heavy atom. The number of thioether (sulfide) groups is 1. The second-order valence-corrected chi connectivity index (χ2v) is 8.56. The van der Waals surface area contributed by atoms with Crippen LogP contribution in [0, 0.1) is 0 Å².